The van der Waals surface area contributed by atoms with Gasteiger partial charge in [0.1, 0.15) is 10.4 Å². The van der Waals surface area contributed by atoms with Crippen LogP contribution in [-0.2, 0) is 11.2 Å². The van der Waals surface area contributed by atoms with Crippen LogP contribution < -0.4 is 10.6 Å². The summed E-state index contributed by atoms with van der Waals surface area (Å²) >= 11 is 3.42. The van der Waals surface area contributed by atoms with Gasteiger partial charge in [-0.05, 0) is 65.4 Å². The number of anilines is 1. The molecule has 164 valence electrons. The van der Waals surface area contributed by atoms with Crippen molar-refractivity contribution in [2.24, 2.45) is 5.41 Å². The van der Waals surface area contributed by atoms with Crippen molar-refractivity contribution in [3.8, 4) is 5.69 Å². The predicted molar refractivity (Wildman–Crippen MR) is 119 cm³/mol. The van der Waals surface area contributed by atoms with Crippen molar-refractivity contribution in [1.29, 1.82) is 0 Å². The summed E-state index contributed by atoms with van der Waals surface area (Å²) in [6.07, 6.45) is 4.32. The number of fused-ring (bicyclic) bond motifs is 1. The van der Waals surface area contributed by atoms with Gasteiger partial charge in [-0.3, -0.25) is 4.79 Å². The Balaban J connectivity index is 1.65. The molecule has 0 aliphatic heterocycles. The molecule has 3 aromatic rings. The molecule has 0 spiro atoms. The van der Waals surface area contributed by atoms with Crippen molar-refractivity contribution in [3.05, 3.63) is 40.4 Å². The summed E-state index contributed by atoms with van der Waals surface area (Å²) in [6, 6.07) is 4.62. The smallest absolute Gasteiger partial charge is 0.225 e. The van der Waals surface area contributed by atoms with Gasteiger partial charge in [-0.25, -0.2) is 14.1 Å². The Bertz CT molecular complexity index is 1140. The summed E-state index contributed by atoms with van der Waals surface area (Å²) in [6.45, 7) is 1.90. The van der Waals surface area contributed by atoms with Crippen molar-refractivity contribution in [2.45, 2.75) is 38.6 Å². The van der Waals surface area contributed by atoms with Gasteiger partial charge in [0.25, 0.3) is 0 Å². The molecule has 0 unspecified atom stereocenters. The molecule has 0 bridgehead atoms. The van der Waals surface area contributed by atoms with Crippen LogP contribution in [0.1, 0.15) is 31.7 Å². The number of benzene rings is 1. The lowest BCUT2D eigenvalue weighted by atomic mass is 9.87. The molecule has 1 aromatic carbocycles. The number of aliphatic hydroxyl groups excluding tert-OH is 1. The number of carbonyl (C=O) groups excluding carboxylic acids is 1. The number of nitrogens with zero attached hydrogens (tertiary/aromatic N) is 4. The Kier molecular flexibility index (Phi) is 5.94. The van der Waals surface area contributed by atoms with E-state index in [0.29, 0.717) is 45.7 Å². The summed E-state index contributed by atoms with van der Waals surface area (Å²) in [5, 5.41) is 20.4. The molecule has 1 fully saturated rings. The van der Waals surface area contributed by atoms with Crippen LogP contribution in [0.3, 0.4) is 0 Å². The largest absolute Gasteiger partial charge is 0.396 e. The van der Waals surface area contributed by atoms with Crippen molar-refractivity contribution in [1.82, 2.24) is 25.1 Å². The van der Waals surface area contributed by atoms with E-state index in [1.807, 2.05) is 6.92 Å². The Morgan fingerprint density at radius 1 is 1.42 bits per heavy atom. The van der Waals surface area contributed by atoms with Crippen LogP contribution in [0.5, 0.6) is 0 Å². The fourth-order valence-electron chi connectivity index (χ4n) is 4.20. The molecule has 10 heteroatoms. The second-order valence-corrected chi connectivity index (χ2v) is 8.90. The lowest BCUT2D eigenvalue weighted by molar-refractivity contribution is -0.129. The predicted octanol–water partition coefficient (Wildman–Crippen LogP) is 2.97. The molecule has 0 saturated heterocycles. The number of aromatic nitrogens is 4. The summed E-state index contributed by atoms with van der Waals surface area (Å²) in [7, 11) is 1.66. The lowest BCUT2D eigenvalue weighted by Crippen LogP contribution is -2.35. The van der Waals surface area contributed by atoms with E-state index in [-0.39, 0.29) is 18.6 Å². The van der Waals surface area contributed by atoms with Crippen molar-refractivity contribution in [2.75, 3.05) is 19.0 Å². The topological polar surface area (TPSA) is 105 Å². The zero-order valence-corrected chi connectivity index (χ0v) is 18.9. The molecule has 8 nitrogen and oxygen atoms in total. The summed E-state index contributed by atoms with van der Waals surface area (Å²) < 4.78 is 16.3. The van der Waals surface area contributed by atoms with Crippen LogP contribution in [0.4, 0.5) is 10.3 Å². The van der Waals surface area contributed by atoms with Gasteiger partial charge in [-0.1, -0.05) is 6.92 Å². The average molecular weight is 491 g/mol. The minimum atomic E-state index is -0.411. The van der Waals surface area contributed by atoms with Gasteiger partial charge in [0.15, 0.2) is 5.65 Å². The fraction of sp³-hybridized carbons (Fsp3) is 0.429. The van der Waals surface area contributed by atoms with Gasteiger partial charge in [0.05, 0.1) is 11.1 Å². The molecule has 2 aromatic heterocycles. The third-order valence-electron chi connectivity index (χ3n) is 5.82. The van der Waals surface area contributed by atoms with E-state index in [1.54, 1.807) is 24.0 Å². The van der Waals surface area contributed by atoms with Gasteiger partial charge < -0.3 is 15.7 Å². The Morgan fingerprint density at radius 2 is 2.23 bits per heavy atom. The SMILES string of the molecule is CNC(=O)[C@]1(C)CC[C@@H](Nc2ncc3c(Br)nn(-c4cc(F)cc(CCO)c4)c3n2)C1. The highest BCUT2D eigenvalue weighted by Gasteiger charge is 2.40. The zero-order valence-electron chi connectivity index (χ0n) is 17.3. The highest BCUT2D eigenvalue weighted by Crippen LogP contribution is 2.39. The van der Waals surface area contributed by atoms with E-state index < -0.39 is 11.2 Å². The number of halogens is 2. The summed E-state index contributed by atoms with van der Waals surface area (Å²) in [4.78, 5) is 21.2. The zero-order chi connectivity index (χ0) is 22.2. The van der Waals surface area contributed by atoms with Gasteiger partial charge >= 0.3 is 0 Å². The third-order valence-corrected chi connectivity index (χ3v) is 6.40. The maximum Gasteiger partial charge on any atom is 0.225 e. The highest BCUT2D eigenvalue weighted by atomic mass is 79.9. The van der Waals surface area contributed by atoms with Crippen molar-refractivity contribution >= 4 is 38.8 Å². The monoisotopic (exact) mass is 490 g/mol. The molecule has 4 rings (SSSR count). The Hall–Kier alpha value is -2.59. The standard InChI is InChI=1S/C21H24BrFN6O2/c1-21(19(31)24-2)5-3-14(10-21)26-20-25-11-16-17(22)28-29(18(16)27-20)15-8-12(4-6-30)7-13(23)9-15/h7-9,11,14,30H,3-6,10H2,1-2H3,(H,24,31)(H,25,26,27)/t14-,21-/m1/s1. The van der Waals surface area contributed by atoms with Crippen LogP contribution in [0, 0.1) is 11.2 Å². The number of aliphatic hydroxyl groups is 1. The normalized spacial score (nSPS) is 20.9. The minimum absolute atomic E-state index is 0.0416. The van der Waals surface area contributed by atoms with Gasteiger partial charge in [-0.2, -0.15) is 10.1 Å². The van der Waals surface area contributed by atoms with E-state index in [0.717, 1.165) is 12.8 Å². The maximum absolute atomic E-state index is 14.1. The van der Waals surface area contributed by atoms with Crippen LogP contribution in [0.25, 0.3) is 16.7 Å². The molecular formula is C21H24BrFN6O2. The second kappa shape index (κ2) is 8.51. The number of carbonyl (C=O) groups is 1. The van der Waals surface area contributed by atoms with E-state index in [2.05, 4.69) is 41.6 Å². The number of hydrogen-bond donors (Lipinski definition) is 3. The highest BCUT2D eigenvalue weighted by molar-refractivity contribution is 9.10. The van der Waals surface area contributed by atoms with Gasteiger partial charge in [0.2, 0.25) is 11.9 Å². The molecule has 2 atom stereocenters. The molecule has 2 heterocycles. The molecule has 1 aliphatic rings. The lowest BCUT2D eigenvalue weighted by Gasteiger charge is -2.22. The minimum Gasteiger partial charge on any atom is -0.396 e. The molecule has 31 heavy (non-hydrogen) atoms. The molecule has 1 saturated carbocycles. The van der Waals surface area contributed by atoms with Gasteiger partial charge in [-0.15, -0.1) is 0 Å². The number of hydrogen-bond acceptors (Lipinski definition) is 6. The Morgan fingerprint density at radius 3 is 2.97 bits per heavy atom. The average Bonchev–Trinajstić information content (AvgIpc) is 3.28. The van der Waals surface area contributed by atoms with E-state index in [4.69, 9.17) is 0 Å². The van der Waals surface area contributed by atoms with Crippen LogP contribution in [0.15, 0.2) is 29.0 Å². The first-order chi connectivity index (χ1) is 14.8. The summed E-state index contributed by atoms with van der Waals surface area (Å²) in [5.74, 6) is 0.0619. The van der Waals surface area contributed by atoms with E-state index in [9.17, 15) is 14.3 Å². The van der Waals surface area contributed by atoms with Crippen LogP contribution in [-0.4, -0.2) is 50.5 Å². The number of nitrogens with one attached hydrogen (secondary N) is 2. The third kappa shape index (κ3) is 4.27. The number of amides is 1. The van der Waals surface area contributed by atoms with Crippen LogP contribution >= 0.6 is 15.9 Å². The second-order valence-electron chi connectivity index (χ2n) is 8.15. The first kappa shape index (κ1) is 21.6. The van der Waals surface area contributed by atoms with Crippen molar-refractivity contribution in [3.63, 3.8) is 0 Å². The first-order valence-corrected chi connectivity index (χ1v) is 10.9. The Labute approximate surface area is 187 Å². The number of rotatable bonds is 6. The summed E-state index contributed by atoms with van der Waals surface area (Å²) in [5.41, 5.74) is 1.30. The van der Waals surface area contributed by atoms with Crippen molar-refractivity contribution < 1.29 is 14.3 Å². The molecule has 0 radical (unpaired) electrons. The van der Waals surface area contributed by atoms with Crippen LogP contribution in [0.2, 0.25) is 0 Å². The fourth-order valence-corrected chi connectivity index (χ4v) is 4.64. The molecule has 1 aliphatic carbocycles. The molecule has 1 amide bonds. The van der Waals surface area contributed by atoms with Gasteiger partial charge in [0, 0.05) is 31.3 Å². The quantitative estimate of drug-likeness (QED) is 0.490. The van der Waals surface area contributed by atoms with E-state index >= 15 is 0 Å². The molecule has 3 N–H and O–H groups in total. The first-order valence-electron chi connectivity index (χ1n) is 10.1. The molecular weight excluding hydrogens is 467 g/mol. The maximum atomic E-state index is 14.1. The van der Waals surface area contributed by atoms with E-state index in [1.165, 1.54) is 12.1 Å².